The summed E-state index contributed by atoms with van der Waals surface area (Å²) in [5.41, 5.74) is 1.17. The Hall–Kier alpha value is -1.16. The first-order chi connectivity index (χ1) is 8.35. The molecule has 1 saturated heterocycles. The first-order valence-corrected chi connectivity index (χ1v) is 5.96. The number of ether oxygens (including phenoxy) is 1. The van der Waals surface area contributed by atoms with Gasteiger partial charge >= 0.3 is 0 Å². The zero-order valence-electron chi connectivity index (χ0n) is 9.96. The molecule has 0 amide bonds. The Balaban J connectivity index is 1.79. The predicted molar refractivity (Wildman–Crippen MR) is 67.7 cm³/mol. The molecule has 1 fully saturated rings. The van der Waals surface area contributed by atoms with Crippen LogP contribution in [0.1, 0.15) is 5.56 Å². The molecule has 0 radical (unpaired) electrons. The Labute approximate surface area is 102 Å². The van der Waals surface area contributed by atoms with Gasteiger partial charge in [0.05, 0.1) is 25.4 Å². The minimum atomic E-state index is 0.122. The number of hydrogen-bond donors (Lipinski definition) is 1. The zero-order chi connectivity index (χ0) is 12.1. The predicted octanol–water partition coefficient (Wildman–Crippen LogP) is 1.43. The van der Waals surface area contributed by atoms with Crippen LogP contribution in [0, 0.1) is 0 Å². The quantitative estimate of drug-likeness (QED) is 0.755. The molecule has 1 aliphatic rings. The average Bonchev–Trinajstić information content (AvgIpc) is 2.34. The summed E-state index contributed by atoms with van der Waals surface area (Å²) in [5, 5.41) is 9.29. The van der Waals surface area contributed by atoms with Crippen LogP contribution in [0.2, 0.25) is 0 Å². The molecule has 1 aromatic rings. The smallest absolute Gasteiger partial charge is 0.0884 e. The lowest BCUT2D eigenvalue weighted by Gasteiger charge is -2.46. The van der Waals surface area contributed by atoms with Crippen LogP contribution >= 0.6 is 0 Å². The van der Waals surface area contributed by atoms with Gasteiger partial charge in [-0.3, -0.25) is 4.90 Å². The topological polar surface area (TPSA) is 32.7 Å². The number of rotatable bonds is 6. The molecule has 3 nitrogen and oxygen atoms in total. The standard InChI is InChI=1S/C14H19NO2/c1-2-8-15-9-14(13(15)10-16)17-11-12-6-4-3-5-7-12/h2-7,13-14,16H,1,8-11H2/t13-,14+/m1/s1. The molecule has 1 aromatic carbocycles. The van der Waals surface area contributed by atoms with Crippen LogP contribution in [-0.4, -0.2) is 41.8 Å². The highest BCUT2D eigenvalue weighted by Crippen LogP contribution is 2.21. The van der Waals surface area contributed by atoms with Crippen LogP contribution in [0.5, 0.6) is 0 Å². The van der Waals surface area contributed by atoms with E-state index in [0.717, 1.165) is 13.1 Å². The fraction of sp³-hybridized carbons (Fsp3) is 0.429. The van der Waals surface area contributed by atoms with Crippen molar-refractivity contribution in [2.75, 3.05) is 19.7 Å². The minimum Gasteiger partial charge on any atom is -0.395 e. The van der Waals surface area contributed by atoms with Gasteiger partial charge in [-0.2, -0.15) is 0 Å². The number of hydrogen-bond acceptors (Lipinski definition) is 3. The molecule has 1 heterocycles. The van der Waals surface area contributed by atoms with Crippen LogP contribution in [0.15, 0.2) is 43.0 Å². The van der Waals surface area contributed by atoms with E-state index < -0.39 is 0 Å². The Morgan fingerprint density at radius 3 is 2.82 bits per heavy atom. The van der Waals surface area contributed by atoms with Crippen molar-refractivity contribution in [3.63, 3.8) is 0 Å². The Morgan fingerprint density at radius 2 is 2.18 bits per heavy atom. The van der Waals surface area contributed by atoms with E-state index in [-0.39, 0.29) is 18.8 Å². The minimum absolute atomic E-state index is 0.122. The van der Waals surface area contributed by atoms with Crippen LogP contribution in [0.3, 0.4) is 0 Å². The summed E-state index contributed by atoms with van der Waals surface area (Å²) in [6, 6.07) is 10.2. The molecule has 17 heavy (non-hydrogen) atoms. The molecule has 0 bridgehead atoms. The lowest BCUT2D eigenvalue weighted by atomic mass is 10.00. The van der Waals surface area contributed by atoms with E-state index in [2.05, 4.69) is 11.5 Å². The van der Waals surface area contributed by atoms with E-state index in [1.54, 1.807) is 0 Å². The van der Waals surface area contributed by atoms with Crippen molar-refractivity contribution < 1.29 is 9.84 Å². The molecule has 1 aliphatic heterocycles. The molecule has 3 heteroatoms. The highest BCUT2D eigenvalue weighted by Gasteiger charge is 2.38. The number of likely N-dealkylation sites (tertiary alicyclic amines) is 1. The van der Waals surface area contributed by atoms with Gasteiger partial charge in [-0.1, -0.05) is 36.4 Å². The normalized spacial score (nSPS) is 24.3. The van der Waals surface area contributed by atoms with Crippen molar-refractivity contribution in [3.05, 3.63) is 48.6 Å². The summed E-state index contributed by atoms with van der Waals surface area (Å²) in [4.78, 5) is 2.17. The maximum atomic E-state index is 9.29. The van der Waals surface area contributed by atoms with Crippen molar-refractivity contribution >= 4 is 0 Å². The van der Waals surface area contributed by atoms with Gasteiger partial charge in [0, 0.05) is 13.1 Å². The van der Waals surface area contributed by atoms with Crippen LogP contribution in [0.4, 0.5) is 0 Å². The number of aliphatic hydroxyl groups is 1. The van der Waals surface area contributed by atoms with Gasteiger partial charge in [0.25, 0.3) is 0 Å². The van der Waals surface area contributed by atoms with Crippen molar-refractivity contribution in [1.82, 2.24) is 4.90 Å². The van der Waals surface area contributed by atoms with Crippen LogP contribution in [0.25, 0.3) is 0 Å². The first-order valence-electron chi connectivity index (χ1n) is 5.96. The summed E-state index contributed by atoms with van der Waals surface area (Å²) in [6.07, 6.45) is 2.00. The zero-order valence-corrected chi connectivity index (χ0v) is 9.96. The molecule has 92 valence electrons. The van der Waals surface area contributed by atoms with Crippen molar-refractivity contribution in [2.24, 2.45) is 0 Å². The number of benzene rings is 1. The van der Waals surface area contributed by atoms with Crippen molar-refractivity contribution in [2.45, 2.75) is 18.8 Å². The molecule has 0 saturated carbocycles. The van der Waals surface area contributed by atoms with E-state index in [1.165, 1.54) is 5.56 Å². The van der Waals surface area contributed by atoms with Gasteiger partial charge in [-0.25, -0.2) is 0 Å². The van der Waals surface area contributed by atoms with Gasteiger partial charge in [0.1, 0.15) is 0 Å². The third-order valence-corrected chi connectivity index (χ3v) is 3.17. The maximum absolute atomic E-state index is 9.29. The summed E-state index contributed by atoms with van der Waals surface area (Å²) < 4.78 is 5.81. The van der Waals surface area contributed by atoms with Crippen LogP contribution in [-0.2, 0) is 11.3 Å². The SMILES string of the molecule is C=CCN1C[C@H](OCc2ccccc2)[C@H]1CO. The van der Waals surface area contributed by atoms with Gasteiger partial charge < -0.3 is 9.84 Å². The molecule has 0 aliphatic carbocycles. The summed E-state index contributed by atoms with van der Waals surface area (Å²) >= 11 is 0. The second-order valence-electron chi connectivity index (χ2n) is 4.33. The van der Waals surface area contributed by atoms with E-state index in [0.29, 0.717) is 6.61 Å². The maximum Gasteiger partial charge on any atom is 0.0884 e. The van der Waals surface area contributed by atoms with Crippen molar-refractivity contribution in [3.8, 4) is 0 Å². The van der Waals surface area contributed by atoms with E-state index in [1.807, 2.05) is 36.4 Å². The monoisotopic (exact) mass is 233 g/mol. The van der Waals surface area contributed by atoms with E-state index in [9.17, 15) is 5.11 Å². The van der Waals surface area contributed by atoms with Gasteiger partial charge in [-0.05, 0) is 5.56 Å². The fourth-order valence-electron chi connectivity index (χ4n) is 2.14. The third kappa shape index (κ3) is 2.94. The largest absolute Gasteiger partial charge is 0.395 e. The highest BCUT2D eigenvalue weighted by atomic mass is 16.5. The Morgan fingerprint density at radius 1 is 1.41 bits per heavy atom. The average molecular weight is 233 g/mol. The van der Waals surface area contributed by atoms with E-state index in [4.69, 9.17) is 4.74 Å². The second-order valence-corrected chi connectivity index (χ2v) is 4.33. The van der Waals surface area contributed by atoms with Gasteiger partial charge in [0.15, 0.2) is 0 Å². The van der Waals surface area contributed by atoms with Crippen molar-refractivity contribution in [1.29, 1.82) is 0 Å². The molecular formula is C14H19NO2. The van der Waals surface area contributed by atoms with E-state index >= 15 is 0 Å². The highest BCUT2D eigenvalue weighted by molar-refractivity contribution is 5.13. The number of nitrogens with zero attached hydrogens (tertiary/aromatic N) is 1. The molecule has 0 spiro atoms. The Kier molecular flexibility index (Phi) is 4.31. The summed E-state index contributed by atoms with van der Waals surface area (Å²) in [7, 11) is 0. The molecule has 2 atom stereocenters. The summed E-state index contributed by atoms with van der Waals surface area (Å²) in [5.74, 6) is 0. The fourth-order valence-corrected chi connectivity index (χ4v) is 2.14. The molecule has 2 rings (SSSR count). The lowest BCUT2D eigenvalue weighted by Crippen LogP contribution is -2.62. The second kappa shape index (κ2) is 5.96. The molecule has 0 unspecified atom stereocenters. The van der Waals surface area contributed by atoms with Crippen LogP contribution < -0.4 is 0 Å². The Bertz CT molecular complexity index is 352. The third-order valence-electron chi connectivity index (χ3n) is 3.17. The molecule has 1 N–H and O–H groups in total. The molecular weight excluding hydrogens is 214 g/mol. The lowest BCUT2D eigenvalue weighted by molar-refractivity contribution is -0.120. The molecule has 0 aromatic heterocycles. The first kappa shape index (κ1) is 12.3. The van der Waals surface area contributed by atoms with Gasteiger partial charge in [-0.15, -0.1) is 6.58 Å². The van der Waals surface area contributed by atoms with Gasteiger partial charge in [0.2, 0.25) is 0 Å². The number of aliphatic hydroxyl groups excluding tert-OH is 1. The summed E-state index contributed by atoms with van der Waals surface area (Å²) in [6.45, 7) is 6.16.